The van der Waals surface area contributed by atoms with Crippen molar-refractivity contribution in [3.63, 3.8) is 0 Å². The second-order valence-corrected chi connectivity index (χ2v) is 4.91. The molecule has 0 radical (unpaired) electrons. The van der Waals surface area contributed by atoms with Crippen LogP contribution in [0.15, 0.2) is 53.1 Å². The van der Waals surface area contributed by atoms with E-state index in [1.807, 2.05) is 12.1 Å². The summed E-state index contributed by atoms with van der Waals surface area (Å²) in [5, 5.41) is 1.55. The van der Waals surface area contributed by atoms with Gasteiger partial charge in [-0.3, -0.25) is 0 Å². The highest BCUT2D eigenvalue weighted by atomic mass is 19.1. The Morgan fingerprint density at radius 3 is 2.70 bits per heavy atom. The number of hydrogen-bond donors (Lipinski definition) is 0. The SMILES string of the molecule is CCOC(=O)COc1ccc(-c2occ3cc(F)ccc23)cc1. The Hall–Kier alpha value is -2.82. The summed E-state index contributed by atoms with van der Waals surface area (Å²) in [6.45, 7) is 1.94. The van der Waals surface area contributed by atoms with Gasteiger partial charge in [0, 0.05) is 16.3 Å². The monoisotopic (exact) mass is 314 g/mol. The van der Waals surface area contributed by atoms with Gasteiger partial charge in [0.25, 0.3) is 0 Å². The molecule has 0 aliphatic carbocycles. The Morgan fingerprint density at radius 1 is 1.17 bits per heavy atom. The minimum atomic E-state index is -0.407. The van der Waals surface area contributed by atoms with Crippen LogP contribution in [0.3, 0.4) is 0 Å². The number of carbonyl (C=O) groups excluding carboxylic acids is 1. The van der Waals surface area contributed by atoms with Gasteiger partial charge in [0.05, 0.1) is 12.9 Å². The highest BCUT2D eigenvalue weighted by molar-refractivity contribution is 5.94. The molecule has 0 bridgehead atoms. The normalized spacial score (nSPS) is 10.7. The molecule has 0 fully saturated rings. The van der Waals surface area contributed by atoms with E-state index in [-0.39, 0.29) is 12.4 Å². The summed E-state index contributed by atoms with van der Waals surface area (Å²) in [7, 11) is 0. The number of ether oxygens (including phenoxy) is 2. The highest BCUT2D eigenvalue weighted by Crippen LogP contribution is 2.31. The van der Waals surface area contributed by atoms with Crippen molar-refractivity contribution in [2.75, 3.05) is 13.2 Å². The number of halogens is 1. The van der Waals surface area contributed by atoms with E-state index >= 15 is 0 Å². The Bertz CT molecular complexity index is 821. The second-order valence-electron chi connectivity index (χ2n) is 4.91. The van der Waals surface area contributed by atoms with Crippen molar-refractivity contribution >= 4 is 16.7 Å². The summed E-state index contributed by atoms with van der Waals surface area (Å²) in [5.41, 5.74) is 0.843. The largest absolute Gasteiger partial charge is 0.482 e. The van der Waals surface area contributed by atoms with E-state index in [1.54, 1.807) is 25.1 Å². The van der Waals surface area contributed by atoms with Crippen LogP contribution < -0.4 is 4.74 Å². The quantitative estimate of drug-likeness (QED) is 0.663. The van der Waals surface area contributed by atoms with Gasteiger partial charge >= 0.3 is 5.97 Å². The summed E-state index contributed by atoms with van der Waals surface area (Å²) in [6, 6.07) is 11.6. The van der Waals surface area contributed by atoms with Crippen LogP contribution >= 0.6 is 0 Å². The van der Waals surface area contributed by atoms with Crippen molar-refractivity contribution < 1.29 is 23.1 Å². The Morgan fingerprint density at radius 2 is 1.96 bits per heavy atom. The van der Waals surface area contributed by atoms with Crippen LogP contribution in [0.5, 0.6) is 5.75 Å². The van der Waals surface area contributed by atoms with Gasteiger partial charge in [-0.25, -0.2) is 9.18 Å². The van der Waals surface area contributed by atoms with Crippen molar-refractivity contribution in [1.82, 2.24) is 0 Å². The zero-order valence-corrected chi connectivity index (χ0v) is 12.5. The summed E-state index contributed by atoms with van der Waals surface area (Å²) in [6.07, 6.45) is 1.53. The van der Waals surface area contributed by atoms with E-state index < -0.39 is 5.97 Å². The number of rotatable bonds is 5. The lowest BCUT2D eigenvalue weighted by Gasteiger charge is -2.06. The van der Waals surface area contributed by atoms with Crippen molar-refractivity contribution in [3.8, 4) is 17.1 Å². The Labute approximate surface area is 132 Å². The van der Waals surface area contributed by atoms with Crippen LogP contribution in [0.25, 0.3) is 22.1 Å². The van der Waals surface area contributed by atoms with Crippen LogP contribution in [-0.2, 0) is 9.53 Å². The number of benzene rings is 2. The molecule has 0 spiro atoms. The molecule has 3 aromatic rings. The number of furan rings is 1. The van der Waals surface area contributed by atoms with E-state index in [9.17, 15) is 9.18 Å². The standard InChI is InChI=1S/C18H15FO4/c1-2-21-17(20)11-22-15-6-3-12(4-7-15)18-16-8-5-14(19)9-13(16)10-23-18/h3-10H,2,11H2,1H3. The Balaban J connectivity index is 1.77. The third-order valence-electron chi connectivity index (χ3n) is 3.34. The van der Waals surface area contributed by atoms with Crippen LogP contribution in [0.4, 0.5) is 4.39 Å². The van der Waals surface area contributed by atoms with Gasteiger partial charge < -0.3 is 13.9 Å². The molecule has 0 saturated heterocycles. The van der Waals surface area contributed by atoms with E-state index in [4.69, 9.17) is 13.9 Å². The third kappa shape index (κ3) is 3.34. The molecule has 3 rings (SSSR count). The third-order valence-corrected chi connectivity index (χ3v) is 3.34. The van der Waals surface area contributed by atoms with Gasteiger partial charge in [-0.05, 0) is 49.4 Å². The van der Waals surface area contributed by atoms with Gasteiger partial charge in [-0.2, -0.15) is 0 Å². The molecule has 0 aliphatic rings. The minimum Gasteiger partial charge on any atom is -0.482 e. The maximum atomic E-state index is 13.2. The summed E-state index contributed by atoms with van der Waals surface area (Å²) >= 11 is 0. The van der Waals surface area contributed by atoms with E-state index in [1.165, 1.54) is 18.4 Å². The lowest BCUT2D eigenvalue weighted by atomic mass is 10.1. The average molecular weight is 314 g/mol. The molecule has 5 heteroatoms. The van der Waals surface area contributed by atoms with Gasteiger partial charge in [0.15, 0.2) is 6.61 Å². The number of fused-ring (bicyclic) bond motifs is 1. The number of carbonyl (C=O) groups is 1. The molecule has 0 amide bonds. The first-order chi connectivity index (χ1) is 11.2. The van der Waals surface area contributed by atoms with Gasteiger partial charge in [0.2, 0.25) is 0 Å². The molecule has 4 nitrogen and oxygen atoms in total. The molecule has 1 aromatic heterocycles. The molecule has 2 aromatic carbocycles. The van der Waals surface area contributed by atoms with Crippen LogP contribution in [-0.4, -0.2) is 19.2 Å². The topological polar surface area (TPSA) is 48.7 Å². The Kier molecular flexibility index (Phi) is 4.28. The minimum absolute atomic E-state index is 0.129. The number of hydrogen-bond acceptors (Lipinski definition) is 4. The molecule has 0 unspecified atom stereocenters. The fourth-order valence-corrected chi connectivity index (χ4v) is 2.29. The highest BCUT2D eigenvalue weighted by Gasteiger charge is 2.10. The summed E-state index contributed by atoms with van der Waals surface area (Å²) in [5.74, 6) is 0.517. The number of esters is 1. The van der Waals surface area contributed by atoms with Crippen molar-refractivity contribution in [3.05, 3.63) is 54.5 Å². The zero-order valence-electron chi connectivity index (χ0n) is 12.5. The second kappa shape index (κ2) is 6.52. The molecule has 0 aliphatic heterocycles. The first-order valence-electron chi connectivity index (χ1n) is 7.23. The molecular formula is C18H15FO4. The summed E-state index contributed by atoms with van der Waals surface area (Å²) < 4.78 is 28.9. The molecule has 1 heterocycles. The zero-order chi connectivity index (χ0) is 16.2. The maximum absolute atomic E-state index is 13.2. The first kappa shape index (κ1) is 15.1. The smallest absolute Gasteiger partial charge is 0.344 e. The molecule has 0 N–H and O–H groups in total. The maximum Gasteiger partial charge on any atom is 0.344 e. The predicted molar refractivity (Wildman–Crippen MR) is 83.7 cm³/mol. The van der Waals surface area contributed by atoms with E-state index in [0.29, 0.717) is 23.5 Å². The van der Waals surface area contributed by atoms with Gasteiger partial charge in [-0.15, -0.1) is 0 Å². The molecular weight excluding hydrogens is 299 g/mol. The fourth-order valence-electron chi connectivity index (χ4n) is 2.29. The molecule has 23 heavy (non-hydrogen) atoms. The lowest BCUT2D eigenvalue weighted by Crippen LogP contribution is -2.14. The van der Waals surface area contributed by atoms with E-state index in [2.05, 4.69) is 0 Å². The lowest BCUT2D eigenvalue weighted by molar-refractivity contribution is -0.145. The summed E-state index contributed by atoms with van der Waals surface area (Å²) in [4.78, 5) is 11.3. The average Bonchev–Trinajstić information content (AvgIpc) is 2.96. The van der Waals surface area contributed by atoms with Crippen LogP contribution in [0, 0.1) is 5.82 Å². The molecule has 0 atom stereocenters. The van der Waals surface area contributed by atoms with Gasteiger partial charge in [0.1, 0.15) is 17.3 Å². The fraction of sp³-hybridized carbons (Fsp3) is 0.167. The first-order valence-corrected chi connectivity index (χ1v) is 7.23. The van der Waals surface area contributed by atoms with Crippen LogP contribution in [0.2, 0.25) is 0 Å². The van der Waals surface area contributed by atoms with Crippen molar-refractivity contribution in [2.24, 2.45) is 0 Å². The van der Waals surface area contributed by atoms with Gasteiger partial charge in [-0.1, -0.05) is 0 Å². The van der Waals surface area contributed by atoms with Crippen molar-refractivity contribution in [2.45, 2.75) is 6.92 Å². The van der Waals surface area contributed by atoms with Crippen LogP contribution in [0.1, 0.15) is 6.92 Å². The molecule has 118 valence electrons. The predicted octanol–water partition coefficient (Wildman–Crippen LogP) is 4.18. The van der Waals surface area contributed by atoms with E-state index in [0.717, 1.165) is 10.9 Å². The van der Waals surface area contributed by atoms with Crippen molar-refractivity contribution in [1.29, 1.82) is 0 Å². The molecule has 0 saturated carbocycles.